The number of nitrogens with zero attached hydrogens (tertiary/aromatic N) is 3. The Morgan fingerprint density at radius 2 is 2.07 bits per heavy atom. The molecule has 28 heavy (non-hydrogen) atoms. The van der Waals surface area contributed by atoms with Crippen LogP contribution in [0.4, 0.5) is 14.9 Å². The number of carbonyl (C=O) groups is 1. The van der Waals surface area contributed by atoms with E-state index in [2.05, 4.69) is 20.7 Å². The fraction of sp³-hybridized carbons (Fsp3) is 0.150. The second kappa shape index (κ2) is 7.77. The lowest BCUT2D eigenvalue weighted by atomic mass is 10.2. The third kappa shape index (κ3) is 3.86. The van der Waals surface area contributed by atoms with E-state index in [1.54, 1.807) is 16.6 Å². The number of benzene rings is 2. The van der Waals surface area contributed by atoms with E-state index in [9.17, 15) is 9.18 Å². The van der Waals surface area contributed by atoms with Crippen LogP contribution in [-0.4, -0.2) is 27.2 Å². The van der Waals surface area contributed by atoms with Gasteiger partial charge in [0.2, 0.25) is 4.96 Å². The van der Waals surface area contributed by atoms with Crippen LogP contribution in [0.15, 0.2) is 53.9 Å². The average molecular weight is 395 g/mol. The lowest BCUT2D eigenvalue weighted by Crippen LogP contribution is -2.30. The van der Waals surface area contributed by atoms with Crippen molar-refractivity contribution in [3.05, 3.63) is 71.0 Å². The molecule has 0 fully saturated rings. The summed E-state index contributed by atoms with van der Waals surface area (Å²) in [6.45, 7) is 2.40. The van der Waals surface area contributed by atoms with Crippen LogP contribution in [0.3, 0.4) is 0 Å². The molecule has 142 valence electrons. The Hall–Kier alpha value is -3.26. The van der Waals surface area contributed by atoms with Gasteiger partial charge in [-0.25, -0.2) is 13.7 Å². The number of para-hydroxylation sites is 1. The third-order valence-electron chi connectivity index (χ3n) is 4.29. The molecule has 2 aromatic carbocycles. The highest BCUT2D eigenvalue weighted by molar-refractivity contribution is 7.15. The van der Waals surface area contributed by atoms with Crippen molar-refractivity contribution in [2.75, 3.05) is 11.9 Å². The smallest absolute Gasteiger partial charge is 0.319 e. The third-order valence-corrected chi connectivity index (χ3v) is 5.16. The summed E-state index contributed by atoms with van der Waals surface area (Å²) in [4.78, 5) is 17.3. The highest BCUT2D eigenvalue weighted by atomic mass is 32.1. The minimum Gasteiger partial charge on any atom is -0.337 e. The van der Waals surface area contributed by atoms with Crippen molar-refractivity contribution in [1.82, 2.24) is 19.9 Å². The molecule has 2 N–H and O–H groups in total. The van der Waals surface area contributed by atoms with Gasteiger partial charge in [0.05, 0.1) is 5.69 Å². The minimum atomic E-state index is -0.320. The number of amides is 2. The summed E-state index contributed by atoms with van der Waals surface area (Å²) in [5, 5.41) is 12.1. The highest BCUT2D eigenvalue weighted by Crippen LogP contribution is 2.21. The van der Waals surface area contributed by atoms with Crippen LogP contribution in [0.25, 0.3) is 16.3 Å². The number of halogens is 1. The first-order valence-electron chi connectivity index (χ1n) is 8.80. The summed E-state index contributed by atoms with van der Waals surface area (Å²) >= 11 is 1.46. The molecule has 4 rings (SSSR count). The number of aromatic nitrogens is 3. The summed E-state index contributed by atoms with van der Waals surface area (Å²) in [5.74, 6) is 0.164. The van der Waals surface area contributed by atoms with Crippen LogP contribution in [0.5, 0.6) is 0 Å². The maximum atomic E-state index is 13.4. The zero-order chi connectivity index (χ0) is 19.5. The summed E-state index contributed by atoms with van der Waals surface area (Å²) in [6.07, 6.45) is 0.604. The molecule has 0 aliphatic carbocycles. The molecule has 2 amide bonds. The van der Waals surface area contributed by atoms with Gasteiger partial charge < -0.3 is 10.6 Å². The lowest BCUT2D eigenvalue weighted by Gasteiger charge is -2.09. The van der Waals surface area contributed by atoms with E-state index in [-0.39, 0.29) is 11.8 Å². The number of carbonyl (C=O) groups excluding carboxylic acids is 1. The summed E-state index contributed by atoms with van der Waals surface area (Å²) in [7, 11) is 0. The van der Waals surface area contributed by atoms with Gasteiger partial charge in [0.25, 0.3) is 0 Å². The number of thiazole rings is 1. The topological polar surface area (TPSA) is 71.3 Å². The molecule has 0 atom stereocenters. The zero-order valence-corrected chi connectivity index (χ0v) is 16.0. The van der Waals surface area contributed by atoms with Crippen molar-refractivity contribution in [3.8, 4) is 11.4 Å². The average Bonchev–Trinajstić information content (AvgIpc) is 3.25. The molecule has 0 bridgehead atoms. The lowest BCUT2D eigenvalue weighted by molar-refractivity contribution is 0.252. The van der Waals surface area contributed by atoms with Crippen molar-refractivity contribution in [1.29, 1.82) is 0 Å². The van der Waals surface area contributed by atoms with E-state index in [0.717, 1.165) is 21.9 Å². The molecule has 0 radical (unpaired) electrons. The maximum Gasteiger partial charge on any atom is 0.319 e. The second-order valence-electron chi connectivity index (χ2n) is 6.31. The zero-order valence-electron chi connectivity index (χ0n) is 15.1. The first-order valence-corrected chi connectivity index (χ1v) is 9.68. The van der Waals surface area contributed by atoms with Gasteiger partial charge in [0, 0.05) is 29.6 Å². The summed E-state index contributed by atoms with van der Waals surface area (Å²) < 4.78 is 15.2. The van der Waals surface area contributed by atoms with Crippen molar-refractivity contribution < 1.29 is 9.18 Å². The number of urea groups is 1. The van der Waals surface area contributed by atoms with Gasteiger partial charge in [-0.2, -0.15) is 4.98 Å². The number of hydrogen-bond acceptors (Lipinski definition) is 4. The summed E-state index contributed by atoms with van der Waals surface area (Å²) in [6, 6.07) is 13.6. The largest absolute Gasteiger partial charge is 0.337 e. The van der Waals surface area contributed by atoms with Gasteiger partial charge in [-0.05, 0) is 30.7 Å². The quantitative estimate of drug-likeness (QED) is 0.530. The number of nitrogens with one attached hydrogen (secondary N) is 2. The normalized spacial score (nSPS) is 10.9. The molecular formula is C20H18FN5OS. The number of rotatable bonds is 5. The van der Waals surface area contributed by atoms with E-state index < -0.39 is 0 Å². The predicted octanol–water partition coefficient (Wildman–Crippen LogP) is 4.27. The summed E-state index contributed by atoms with van der Waals surface area (Å²) in [5.41, 5.74) is 3.36. The Morgan fingerprint density at radius 3 is 2.89 bits per heavy atom. The fourth-order valence-corrected chi connectivity index (χ4v) is 3.69. The van der Waals surface area contributed by atoms with Gasteiger partial charge in [-0.15, -0.1) is 16.4 Å². The van der Waals surface area contributed by atoms with Crippen LogP contribution >= 0.6 is 11.3 Å². The Morgan fingerprint density at radius 1 is 1.21 bits per heavy atom. The van der Waals surface area contributed by atoms with E-state index >= 15 is 0 Å². The van der Waals surface area contributed by atoms with Gasteiger partial charge in [0.1, 0.15) is 5.82 Å². The Kier molecular flexibility index (Phi) is 5.03. The van der Waals surface area contributed by atoms with Crippen LogP contribution < -0.4 is 10.6 Å². The van der Waals surface area contributed by atoms with Gasteiger partial charge in [-0.1, -0.05) is 30.3 Å². The number of hydrogen-bond donors (Lipinski definition) is 2. The first-order chi connectivity index (χ1) is 13.6. The second-order valence-corrected chi connectivity index (χ2v) is 7.15. The van der Waals surface area contributed by atoms with Gasteiger partial charge in [0.15, 0.2) is 5.82 Å². The number of aryl methyl sites for hydroxylation is 1. The van der Waals surface area contributed by atoms with Gasteiger partial charge >= 0.3 is 6.03 Å². The van der Waals surface area contributed by atoms with Gasteiger partial charge in [-0.3, -0.25) is 0 Å². The highest BCUT2D eigenvalue weighted by Gasteiger charge is 2.12. The van der Waals surface area contributed by atoms with Crippen molar-refractivity contribution >= 4 is 28.0 Å². The molecule has 0 unspecified atom stereocenters. The Balaban J connectivity index is 1.40. The molecule has 0 saturated heterocycles. The number of anilines is 1. The molecule has 0 aliphatic heterocycles. The predicted molar refractivity (Wildman–Crippen MR) is 108 cm³/mol. The van der Waals surface area contributed by atoms with E-state index in [0.29, 0.717) is 24.4 Å². The molecule has 0 spiro atoms. The molecule has 6 nitrogen and oxygen atoms in total. The van der Waals surface area contributed by atoms with E-state index in [1.165, 1.54) is 23.5 Å². The standard InChI is InChI=1S/C20H18FN5OS/c1-13-5-2-3-8-17(13)23-19(27)22-10-9-16-12-28-20-24-18(25-26(16)20)14-6-4-7-15(21)11-14/h2-8,11-12H,9-10H2,1H3,(H2,22,23,27). The van der Waals surface area contributed by atoms with Crippen LogP contribution in [0.1, 0.15) is 11.3 Å². The minimum absolute atomic E-state index is 0.250. The first kappa shape index (κ1) is 18.1. The Bertz CT molecular complexity index is 1140. The van der Waals surface area contributed by atoms with Crippen LogP contribution in [0, 0.1) is 12.7 Å². The van der Waals surface area contributed by atoms with E-state index in [4.69, 9.17) is 0 Å². The Labute approximate surface area is 165 Å². The van der Waals surface area contributed by atoms with Crippen molar-refractivity contribution in [3.63, 3.8) is 0 Å². The molecule has 0 saturated carbocycles. The van der Waals surface area contributed by atoms with E-state index in [1.807, 2.05) is 36.6 Å². The monoisotopic (exact) mass is 395 g/mol. The van der Waals surface area contributed by atoms with Crippen molar-refractivity contribution in [2.45, 2.75) is 13.3 Å². The molecule has 4 aromatic rings. The SMILES string of the molecule is Cc1ccccc1NC(=O)NCCc1csc2nc(-c3cccc(F)c3)nn12. The molecule has 2 heterocycles. The maximum absolute atomic E-state index is 13.4. The molecule has 0 aliphatic rings. The number of fused-ring (bicyclic) bond motifs is 1. The van der Waals surface area contributed by atoms with Crippen LogP contribution in [0.2, 0.25) is 0 Å². The molecular weight excluding hydrogens is 377 g/mol. The molecule has 2 aromatic heterocycles. The fourth-order valence-electron chi connectivity index (χ4n) is 2.83. The van der Waals surface area contributed by atoms with Crippen LogP contribution in [-0.2, 0) is 6.42 Å². The van der Waals surface area contributed by atoms with Crippen molar-refractivity contribution in [2.24, 2.45) is 0 Å². The molecule has 8 heteroatoms.